The van der Waals surface area contributed by atoms with Gasteiger partial charge in [0.15, 0.2) is 0 Å². The Hall–Kier alpha value is -1.93. The molecule has 0 aliphatic heterocycles. The quantitative estimate of drug-likeness (QED) is 0.819. The van der Waals surface area contributed by atoms with Crippen LogP contribution in [0.2, 0.25) is 0 Å². The molecule has 3 rings (SSSR count). The Kier molecular flexibility index (Phi) is 4.60. The minimum atomic E-state index is -3.61. The van der Waals surface area contributed by atoms with E-state index in [2.05, 4.69) is 14.7 Å². The van der Waals surface area contributed by atoms with Gasteiger partial charge in [0.2, 0.25) is 10.0 Å². The summed E-state index contributed by atoms with van der Waals surface area (Å²) in [6.07, 6.45) is 2.53. The summed E-state index contributed by atoms with van der Waals surface area (Å²) in [7, 11) is -2.23. The Balaban J connectivity index is 1.70. The highest BCUT2D eigenvalue weighted by molar-refractivity contribution is 7.89. The van der Waals surface area contributed by atoms with Gasteiger partial charge in [-0.3, -0.25) is 4.79 Å². The van der Waals surface area contributed by atoms with E-state index < -0.39 is 10.0 Å². The Morgan fingerprint density at radius 2 is 2.00 bits per heavy atom. The van der Waals surface area contributed by atoms with Gasteiger partial charge in [-0.05, 0) is 50.8 Å². The number of methoxy groups -OCH3 is 1. The maximum absolute atomic E-state index is 12.6. The number of aromatic nitrogens is 2. The van der Waals surface area contributed by atoms with Gasteiger partial charge >= 0.3 is 5.97 Å². The zero-order valence-corrected chi connectivity index (χ0v) is 14.5. The molecule has 1 fully saturated rings. The predicted octanol–water partition coefficient (Wildman–Crippen LogP) is 1.88. The molecule has 24 heavy (non-hydrogen) atoms. The number of esters is 1. The van der Waals surface area contributed by atoms with Crippen LogP contribution in [-0.4, -0.2) is 37.5 Å². The molecule has 1 aliphatic rings. The number of H-pyrrole nitrogens is 1. The number of nitrogens with zero attached hydrogens (tertiary/aromatic N) is 1. The zero-order chi connectivity index (χ0) is 17.3. The van der Waals surface area contributed by atoms with E-state index >= 15 is 0 Å². The first-order valence-corrected chi connectivity index (χ1v) is 9.44. The maximum atomic E-state index is 12.6. The molecule has 0 radical (unpaired) electrons. The molecule has 1 aromatic carbocycles. The van der Waals surface area contributed by atoms with E-state index in [0.29, 0.717) is 31.2 Å². The average Bonchev–Trinajstić information content (AvgIpc) is 2.93. The van der Waals surface area contributed by atoms with E-state index in [0.717, 1.165) is 11.3 Å². The lowest BCUT2D eigenvalue weighted by atomic mass is 9.86. The second-order valence-corrected chi connectivity index (χ2v) is 7.91. The SMILES string of the molecule is COC(=O)[C@H]1CC[C@H](NS(=O)(=O)c2ccc3[nH]c(C)nc3c2)CC1. The summed E-state index contributed by atoms with van der Waals surface area (Å²) in [5.74, 6) is 0.406. The summed E-state index contributed by atoms with van der Waals surface area (Å²) in [4.78, 5) is 19.1. The Morgan fingerprint density at radius 3 is 2.67 bits per heavy atom. The van der Waals surface area contributed by atoms with Gasteiger partial charge in [-0.1, -0.05) is 0 Å². The van der Waals surface area contributed by atoms with E-state index in [1.807, 2.05) is 6.92 Å². The normalized spacial score (nSPS) is 21.8. The van der Waals surface area contributed by atoms with Crippen molar-refractivity contribution in [3.63, 3.8) is 0 Å². The highest BCUT2D eigenvalue weighted by Gasteiger charge is 2.29. The van der Waals surface area contributed by atoms with Crippen LogP contribution in [-0.2, 0) is 19.6 Å². The molecule has 0 saturated heterocycles. The van der Waals surface area contributed by atoms with Crippen molar-refractivity contribution in [2.45, 2.75) is 43.5 Å². The molecule has 1 heterocycles. The van der Waals surface area contributed by atoms with Crippen LogP contribution in [0.15, 0.2) is 23.1 Å². The molecule has 0 amide bonds. The lowest BCUT2D eigenvalue weighted by Gasteiger charge is -2.27. The van der Waals surface area contributed by atoms with Crippen molar-refractivity contribution in [3.8, 4) is 0 Å². The predicted molar refractivity (Wildman–Crippen MR) is 88.9 cm³/mol. The topological polar surface area (TPSA) is 101 Å². The second-order valence-electron chi connectivity index (χ2n) is 6.19. The Morgan fingerprint density at radius 1 is 1.29 bits per heavy atom. The highest BCUT2D eigenvalue weighted by atomic mass is 32.2. The van der Waals surface area contributed by atoms with Gasteiger partial charge in [0, 0.05) is 6.04 Å². The second kappa shape index (κ2) is 6.52. The molecule has 7 nitrogen and oxygen atoms in total. The van der Waals surface area contributed by atoms with Crippen LogP contribution in [0.4, 0.5) is 0 Å². The number of carbonyl (C=O) groups is 1. The van der Waals surface area contributed by atoms with E-state index in [9.17, 15) is 13.2 Å². The van der Waals surface area contributed by atoms with Gasteiger partial charge in [0.1, 0.15) is 5.82 Å². The monoisotopic (exact) mass is 351 g/mol. The molecular weight excluding hydrogens is 330 g/mol. The van der Waals surface area contributed by atoms with Gasteiger partial charge in [-0.15, -0.1) is 0 Å². The number of rotatable bonds is 4. The summed E-state index contributed by atoms with van der Waals surface area (Å²) in [6, 6.07) is 4.70. The molecule has 0 atom stereocenters. The standard InChI is InChI=1S/C16H21N3O4S/c1-10-17-14-8-7-13(9-15(14)18-10)24(21,22)19-12-5-3-11(4-6-12)16(20)23-2/h7-9,11-12,19H,3-6H2,1-2H3,(H,17,18)/t11-,12-. The van der Waals surface area contributed by atoms with E-state index in [1.165, 1.54) is 7.11 Å². The molecule has 0 unspecified atom stereocenters. The maximum Gasteiger partial charge on any atom is 0.308 e. The molecule has 1 saturated carbocycles. The summed E-state index contributed by atoms with van der Waals surface area (Å²) in [5, 5.41) is 0. The third kappa shape index (κ3) is 3.44. The number of aromatic amines is 1. The molecule has 0 bridgehead atoms. The highest BCUT2D eigenvalue weighted by Crippen LogP contribution is 2.26. The van der Waals surface area contributed by atoms with Gasteiger partial charge in [-0.25, -0.2) is 18.1 Å². The van der Waals surface area contributed by atoms with Crippen molar-refractivity contribution in [2.75, 3.05) is 7.11 Å². The lowest BCUT2D eigenvalue weighted by molar-refractivity contribution is -0.146. The van der Waals surface area contributed by atoms with Crippen LogP contribution in [0.1, 0.15) is 31.5 Å². The van der Waals surface area contributed by atoms with Gasteiger partial charge in [0.25, 0.3) is 0 Å². The number of carbonyl (C=O) groups excluding carboxylic acids is 1. The molecule has 1 aliphatic carbocycles. The first kappa shape index (κ1) is 16.9. The molecule has 2 aromatic rings. The number of imidazole rings is 1. The zero-order valence-electron chi connectivity index (χ0n) is 13.7. The number of ether oxygens (including phenoxy) is 1. The summed E-state index contributed by atoms with van der Waals surface area (Å²) in [6.45, 7) is 1.83. The van der Waals surface area contributed by atoms with E-state index in [1.54, 1.807) is 18.2 Å². The molecular formula is C16H21N3O4S. The van der Waals surface area contributed by atoms with Crippen molar-refractivity contribution < 1.29 is 17.9 Å². The average molecular weight is 351 g/mol. The van der Waals surface area contributed by atoms with Crippen LogP contribution in [0.5, 0.6) is 0 Å². The number of fused-ring (bicyclic) bond motifs is 1. The van der Waals surface area contributed by atoms with Crippen LogP contribution in [0.25, 0.3) is 11.0 Å². The van der Waals surface area contributed by atoms with Crippen LogP contribution in [0.3, 0.4) is 0 Å². The Bertz CT molecular complexity index is 851. The van der Waals surface area contributed by atoms with Crippen LogP contribution < -0.4 is 4.72 Å². The summed E-state index contributed by atoms with van der Waals surface area (Å²) in [5.41, 5.74) is 1.44. The summed E-state index contributed by atoms with van der Waals surface area (Å²) < 4.78 is 32.7. The van der Waals surface area contributed by atoms with Crippen LogP contribution >= 0.6 is 0 Å². The molecule has 0 spiro atoms. The largest absolute Gasteiger partial charge is 0.469 e. The minimum absolute atomic E-state index is 0.126. The van der Waals surface area contributed by atoms with Crippen molar-refractivity contribution in [1.82, 2.24) is 14.7 Å². The lowest BCUT2D eigenvalue weighted by Crippen LogP contribution is -2.38. The minimum Gasteiger partial charge on any atom is -0.469 e. The van der Waals surface area contributed by atoms with Crippen molar-refractivity contribution in [1.29, 1.82) is 0 Å². The number of sulfonamides is 1. The van der Waals surface area contributed by atoms with Gasteiger partial charge < -0.3 is 9.72 Å². The number of nitrogens with one attached hydrogen (secondary N) is 2. The molecule has 130 valence electrons. The number of aryl methyl sites for hydroxylation is 1. The number of benzene rings is 1. The van der Waals surface area contributed by atoms with Crippen molar-refractivity contribution in [3.05, 3.63) is 24.0 Å². The third-order valence-corrected chi connectivity index (χ3v) is 5.98. The molecule has 1 aromatic heterocycles. The fraction of sp³-hybridized carbons (Fsp3) is 0.500. The number of hydrogen-bond donors (Lipinski definition) is 2. The van der Waals surface area contributed by atoms with Crippen molar-refractivity contribution in [2.24, 2.45) is 5.92 Å². The number of hydrogen-bond acceptors (Lipinski definition) is 5. The van der Waals surface area contributed by atoms with Gasteiger partial charge in [-0.2, -0.15) is 0 Å². The fourth-order valence-electron chi connectivity index (χ4n) is 3.18. The first-order chi connectivity index (χ1) is 11.4. The van der Waals surface area contributed by atoms with Crippen molar-refractivity contribution >= 4 is 27.0 Å². The molecule has 2 N–H and O–H groups in total. The molecule has 8 heteroatoms. The summed E-state index contributed by atoms with van der Waals surface area (Å²) >= 11 is 0. The van der Waals surface area contributed by atoms with Crippen LogP contribution in [0, 0.1) is 12.8 Å². The fourth-order valence-corrected chi connectivity index (χ4v) is 4.51. The third-order valence-electron chi connectivity index (χ3n) is 4.47. The van der Waals surface area contributed by atoms with E-state index in [-0.39, 0.29) is 22.8 Å². The van der Waals surface area contributed by atoms with Gasteiger partial charge in [0.05, 0.1) is 29.0 Å². The smallest absolute Gasteiger partial charge is 0.308 e. The Labute approximate surface area is 140 Å². The van der Waals surface area contributed by atoms with E-state index in [4.69, 9.17) is 4.74 Å². The first-order valence-electron chi connectivity index (χ1n) is 7.95.